The number of fused-ring (bicyclic) bond motifs is 1. The summed E-state index contributed by atoms with van der Waals surface area (Å²) in [6, 6.07) is 12.8. The first-order chi connectivity index (χ1) is 15.9. The molecule has 0 aromatic heterocycles. The van der Waals surface area contributed by atoms with Crippen molar-refractivity contribution >= 4 is 17.6 Å². The average molecular weight is 461 g/mol. The lowest BCUT2D eigenvalue weighted by Gasteiger charge is -2.42. The molecule has 1 aliphatic rings. The van der Waals surface area contributed by atoms with E-state index in [-0.39, 0.29) is 16.8 Å². The Morgan fingerprint density at radius 2 is 1.59 bits per heavy atom. The van der Waals surface area contributed by atoms with Crippen LogP contribution in [-0.2, 0) is 22.0 Å². The van der Waals surface area contributed by atoms with Crippen LogP contribution >= 0.6 is 0 Å². The zero-order chi connectivity index (χ0) is 25.1. The number of allylic oxidation sites excluding steroid dienone is 1. The molecule has 0 heterocycles. The molecule has 0 atom stereocenters. The van der Waals surface area contributed by atoms with Gasteiger partial charge in [-0.25, -0.2) is 4.79 Å². The molecule has 1 aliphatic carbocycles. The van der Waals surface area contributed by atoms with Crippen molar-refractivity contribution < 1.29 is 9.53 Å². The van der Waals surface area contributed by atoms with Crippen LogP contribution in [0.1, 0.15) is 119 Å². The highest BCUT2D eigenvalue weighted by atomic mass is 16.5. The molecule has 0 fully saturated rings. The molecule has 0 N–H and O–H groups in total. The van der Waals surface area contributed by atoms with E-state index < -0.39 is 0 Å². The Bertz CT molecular complexity index is 1040. The van der Waals surface area contributed by atoms with Crippen LogP contribution in [0, 0.1) is 5.92 Å². The predicted octanol–water partition coefficient (Wildman–Crippen LogP) is 8.75. The summed E-state index contributed by atoms with van der Waals surface area (Å²) < 4.78 is 5.35. The van der Waals surface area contributed by atoms with Crippen LogP contribution in [0.2, 0.25) is 0 Å². The first-order valence-corrected chi connectivity index (χ1v) is 13.1. The monoisotopic (exact) mass is 460 g/mol. The summed E-state index contributed by atoms with van der Waals surface area (Å²) in [6.07, 6.45) is 7.70. The molecule has 0 radical (unpaired) electrons. The summed E-state index contributed by atoms with van der Waals surface area (Å²) in [7, 11) is 0. The molecule has 0 saturated heterocycles. The van der Waals surface area contributed by atoms with Crippen molar-refractivity contribution in [2.45, 2.75) is 98.3 Å². The molecule has 2 heteroatoms. The van der Waals surface area contributed by atoms with Crippen molar-refractivity contribution in [1.29, 1.82) is 0 Å². The topological polar surface area (TPSA) is 26.3 Å². The molecule has 34 heavy (non-hydrogen) atoms. The molecule has 0 amide bonds. The lowest BCUT2D eigenvalue weighted by atomic mass is 9.62. The van der Waals surface area contributed by atoms with Crippen LogP contribution in [0.3, 0.4) is 0 Å². The van der Waals surface area contributed by atoms with E-state index in [1.165, 1.54) is 40.7 Å². The summed E-state index contributed by atoms with van der Waals surface area (Å²) in [5.74, 6) is 0.363. The maximum absolute atomic E-state index is 12.2. The van der Waals surface area contributed by atoms with Gasteiger partial charge < -0.3 is 4.74 Å². The number of hydrogen-bond acceptors (Lipinski definition) is 2. The third-order valence-corrected chi connectivity index (χ3v) is 7.39. The molecule has 0 saturated carbocycles. The molecule has 2 aromatic carbocycles. The van der Waals surface area contributed by atoms with Crippen LogP contribution in [0.4, 0.5) is 0 Å². The summed E-state index contributed by atoms with van der Waals surface area (Å²) >= 11 is 0. The molecule has 0 spiro atoms. The standard InChI is InChI=1S/C32H44O2/c1-9-10-17-34-30(33)25-13-11-24(12-14-25)19-23(4)27-21-29-28(20-26(27)18-22(2)3)31(5,6)15-16-32(29,7)8/h11-14,19-22H,9-10,15-18H2,1-8H3. The molecule has 0 bridgehead atoms. The number of rotatable bonds is 8. The van der Waals surface area contributed by atoms with Gasteiger partial charge in [0, 0.05) is 0 Å². The summed E-state index contributed by atoms with van der Waals surface area (Å²) in [4.78, 5) is 12.2. The maximum atomic E-state index is 12.2. The quantitative estimate of drug-likeness (QED) is 0.223. The Morgan fingerprint density at radius 1 is 1.00 bits per heavy atom. The number of hydrogen-bond donors (Lipinski definition) is 0. The van der Waals surface area contributed by atoms with E-state index in [1.54, 1.807) is 0 Å². The lowest BCUT2D eigenvalue weighted by molar-refractivity contribution is 0.0499. The SMILES string of the molecule is CCCCOC(=O)c1ccc(C=C(C)c2cc3c(cc2CC(C)C)C(C)(C)CCC3(C)C)cc1. The Morgan fingerprint density at radius 3 is 2.15 bits per heavy atom. The van der Waals surface area contributed by atoms with E-state index in [9.17, 15) is 4.79 Å². The number of carbonyl (C=O) groups is 1. The second-order valence-electron chi connectivity index (χ2n) is 11.9. The van der Waals surface area contributed by atoms with Gasteiger partial charge in [-0.2, -0.15) is 0 Å². The second-order valence-corrected chi connectivity index (χ2v) is 11.9. The summed E-state index contributed by atoms with van der Waals surface area (Å²) in [5.41, 5.74) is 9.25. The number of unbranched alkanes of at least 4 members (excludes halogenated alkanes) is 1. The van der Waals surface area contributed by atoms with Gasteiger partial charge >= 0.3 is 5.97 Å². The Hall–Kier alpha value is -2.35. The van der Waals surface area contributed by atoms with Crippen LogP contribution in [0.5, 0.6) is 0 Å². The van der Waals surface area contributed by atoms with Gasteiger partial charge in [-0.3, -0.25) is 0 Å². The maximum Gasteiger partial charge on any atom is 0.338 e. The molecule has 0 aliphatic heterocycles. The van der Waals surface area contributed by atoms with Crippen LogP contribution in [0.25, 0.3) is 11.6 Å². The molecule has 184 valence electrons. The normalized spacial score (nSPS) is 16.9. The van der Waals surface area contributed by atoms with Gasteiger partial charge in [0.25, 0.3) is 0 Å². The van der Waals surface area contributed by atoms with Crippen molar-refractivity contribution in [2.75, 3.05) is 6.61 Å². The van der Waals surface area contributed by atoms with Gasteiger partial charge in [0.2, 0.25) is 0 Å². The number of esters is 1. The van der Waals surface area contributed by atoms with Crippen molar-refractivity contribution in [3.8, 4) is 0 Å². The minimum Gasteiger partial charge on any atom is -0.462 e. The minimum absolute atomic E-state index is 0.191. The average Bonchev–Trinajstić information content (AvgIpc) is 2.77. The molecular weight excluding hydrogens is 416 g/mol. The molecule has 0 unspecified atom stereocenters. The highest BCUT2D eigenvalue weighted by Crippen LogP contribution is 2.47. The van der Waals surface area contributed by atoms with Crippen LogP contribution in [-0.4, -0.2) is 12.6 Å². The summed E-state index contributed by atoms with van der Waals surface area (Å²) in [6.45, 7) is 19.0. The van der Waals surface area contributed by atoms with Gasteiger partial charge in [0.15, 0.2) is 0 Å². The lowest BCUT2D eigenvalue weighted by Crippen LogP contribution is -2.34. The molecular formula is C32H44O2. The van der Waals surface area contributed by atoms with E-state index in [0.717, 1.165) is 24.8 Å². The van der Waals surface area contributed by atoms with E-state index >= 15 is 0 Å². The van der Waals surface area contributed by atoms with E-state index in [4.69, 9.17) is 4.74 Å². The largest absolute Gasteiger partial charge is 0.462 e. The third-order valence-electron chi connectivity index (χ3n) is 7.39. The van der Waals surface area contributed by atoms with Gasteiger partial charge in [0.05, 0.1) is 12.2 Å². The first kappa shape index (κ1) is 26.3. The zero-order valence-corrected chi connectivity index (χ0v) is 22.7. The third kappa shape index (κ3) is 6.01. The fraction of sp³-hybridized carbons (Fsp3) is 0.531. The van der Waals surface area contributed by atoms with Crippen molar-refractivity contribution in [3.05, 3.63) is 69.8 Å². The van der Waals surface area contributed by atoms with Gasteiger partial charge in [0.1, 0.15) is 0 Å². The first-order valence-electron chi connectivity index (χ1n) is 13.1. The van der Waals surface area contributed by atoms with E-state index in [1.807, 2.05) is 24.3 Å². The molecule has 3 rings (SSSR count). The van der Waals surface area contributed by atoms with Crippen LogP contribution in [0.15, 0.2) is 36.4 Å². The Kier molecular flexibility index (Phi) is 8.11. The number of ether oxygens (including phenoxy) is 1. The predicted molar refractivity (Wildman–Crippen MR) is 145 cm³/mol. The number of carbonyl (C=O) groups excluding carboxylic acids is 1. The van der Waals surface area contributed by atoms with E-state index in [0.29, 0.717) is 18.1 Å². The molecule has 2 aromatic rings. The fourth-order valence-corrected chi connectivity index (χ4v) is 5.07. The molecule has 2 nitrogen and oxygen atoms in total. The highest BCUT2D eigenvalue weighted by molar-refractivity contribution is 5.90. The van der Waals surface area contributed by atoms with Crippen LogP contribution < -0.4 is 0 Å². The van der Waals surface area contributed by atoms with Crippen molar-refractivity contribution in [2.24, 2.45) is 5.92 Å². The van der Waals surface area contributed by atoms with Crippen molar-refractivity contribution in [3.63, 3.8) is 0 Å². The minimum atomic E-state index is -0.237. The Balaban J connectivity index is 1.97. The zero-order valence-electron chi connectivity index (χ0n) is 22.7. The van der Waals surface area contributed by atoms with Crippen molar-refractivity contribution in [1.82, 2.24) is 0 Å². The number of benzene rings is 2. The van der Waals surface area contributed by atoms with Gasteiger partial charge in [-0.15, -0.1) is 0 Å². The Labute approximate surface area is 207 Å². The second kappa shape index (κ2) is 10.5. The highest BCUT2D eigenvalue weighted by Gasteiger charge is 2.37. The van der Waals surface area contributed by atoms with Gasteiger partial charge in [-0.05, 0) is 94.9 Å². The summed E-state index contributed by atoms with van der Waals surface area (Å²) in [5, 5.41) is 0. The van der Waals surface area contributed by atoms with Gasteiger partial charge in [-0.1, -0.05) is 85.2 Å². The fourth-order valence-electron chi connectivity index (χ4n) is 5.07. The van der Waals surface area contributed by atoms with E-state index in [2.05, 4.69) is 73.6 Å². The smallest absolute Gasteiger partial charge is 0.338 e.